The van der Waals surface area contributed by atoms with Crippen molar-refractivity contribution in [2.24, 2.45) is 5.92 Å². The van der Waals surface area contributed by atoms with E-state index in [1.54, 1.807) is 0 Å². The molecule has 0 aromatic heterocycles. The number of hydrogen-bond acceptors (Lipinski definition) is 0. The molecule has 1 fully saturated rings. The molecule has 3 aliphatic carbocycles. The predicted molar refractivity (Wildman–Crippen MR) is 75.5 cm³/mol. The fraction of sp³-hybridized carbons (Fsp3) is 0.529. The second-order valence-electron chi connectivity index (χ2n) is 5.02. The molecule has 0 aromatic rings. The minimum Gasteiger partial charge on any atom is -1.00 e. The van der Waals surface area contributed by atoms with Gasteiger partial charge < -0.3 is 2.85 Å². The molecule has 0 amide bonds. The molecule has 0 N–H and O–H groups in total. The third-order valence-corrected chi connectivity index (χ3v) is 3.59. The summed E-state index contributed by atoms with van der Waals surface area (Å²) in [6.07, 6.45) is 27.6. The van der Waals surface area contributed by atoms with Crippen LogP contribution in [0.15, 0.2) is 36.0 Å². The van der Waals surface area contributed by atoms with Crippen LogP contribution in [0, 0.1) is 18.1 Å². The molecule has 0 aliphatic heterocycles. The van der Waals surface area contributed by atoms with Crippen molar-refractivity contribution in [3.8, 4) is 0 Å². The van der Waals surface area contributed by atoms with Gasteiger partial charge in [0.15, 0.2) is 0 Å². The molecule has 18 heavy (non-hydrogen) atoms. The van der Waals surface area contributed by atoms with E-state index in [2.05, 4.69) is 30.4 Å². The van der Waals surface area contributed by atoms with E-state index in [1.807, 2.05) is 12.2 Å². The molecule has 0 bridgehead atoms. The first kappa shape index (κ1) is 15.7. The maximum absolute atomic E-state index is 3.41. The number of rotatable bonds is 2. The van der Waals surface area contributed by atoms with Crippen LogP contribution in [0.3, 0.4) is 0 Å². The molecule has 1 heteroatoms. The van der Waals surface area contributed by atoms with Crippen LogP contribution in [0.5, 0.6) is 0 Å². The van der Waals surface area contributed by atoms with Gasteiger partial charge in [-0.1, -0.05) is 38.5 Å². The van der Waals surface area contributed by atoms with Crippen LogP contribution in [-0.4, -0.2) is 0 Å². The molecule has 1 saturated carbocycles. The average molecular weight is 276 g/mol. The van der Waals surface area contributed by atoms with Crippen LogP contribution in [0.4, 0.5) is 0 Å². The normalized spacial score (nSPS) is 21.2. The number of hydrogen-bond donors (Lipinski definition) is 0. The molecule has 0 spiro atoms. The van der Waals surface area contributed by atoms with Crippen molar-refractivity contribution in [2.75, 3.05) is 0 Å². The van der Waals surface area contributed by atoms with Gasteiger partial charge in [-0.2, -0.15) is 12.2 Å². The Kier molecular flexibility index (Phi) is 8.38. The van der Waals surface area contributed by atoms with Crippen LogP contribution in [-0.2, 0) is 21.7 Å². The first-order valence-corrected chi connectivity index (χ1v) is 6.93. The fourth-order valence-corrected chi connectivity index (χ4v) is 2.63. The zero-order chi connectivity index (χ0) is 11.8. The summed E-state index contributed by atoms with van der Waals surface area (Å²) < 4.78 is 0. The standard InChI is InChI=1S/C12H17.C5H5.Ti.2H/c1-2-6-11(7-3-1)10-12-8-4-5-9-12;1-2-4-5-3-1;;;/h4,8,11H,1-3,5-7,10H2;1-3H,4H2;;;/q2*-1;+2;2*-1. The summed E-state index contributed by atoms with van der Waals surface area (Å²) in [5.41, 5.74) is 1.47. The number of allylic oxidation sites excluding steroid dienone is 8. The third kappa shape index (κ3) is 6.02. The minimum absolute atomic E-state index is 0. The molecule has 3 rings (SSSR count). The van der Waals surface area contributed by atoms with Crippen LogP contribution in [0.25, 0.3) is 0 Å². The Bertz CT molecular complexity index is 327. The van der Waals surface area contributed by atoms with Crippen molar-refractivity contribution < 1.29 is 24.6 Å². The van der Waals surface area contributed by atoms with Crippen molar-refractivity contribution >= 4 is 0 Å². The van der Waals surface area contributed by atoms with Crippen LogP contribution < -0.4 is 0 Å². The molecule has 0 radical (unpaired) electrons. The smallest absolute Gasteiger partial charge is 1.00 e. The molecular formula is C17H24Ti-2. The van der Waals surface area contributed by atoms with Gasteiger partial charge in [0.1, 0.15) is 0 Å². The maximum Gasteiger partial charge on any atom is 2.00 e. The summed E-state index contributed by atoms with van der Waals surface area (Å²) in [7, 11) is 0. The Morgan fingerprint density at radius 3 is 2.44 bits per heavy atom. The van der Waals surface area contributed by atoms with Crippen LogP contribution in [0.1, 0.15) is 54.2 Å². The summed E-state index contributed by atoms with van der Waals surface area (Å²) in [6.45, 7) is 0. The van der Waals surface area contributed by atoms with E-state index in [-0.39, 0.29) is 24.6 Å². The Morgan fingerprint density at radius 2 is 1.94 bits per heavy atom. The molecular weight excluding hydrogens is 252 g/mol. The second kappa shape index (κ2) is 9.58. The van der Waals surface area contributed by atoms with Gasteiger partial charge in [0.25, 0.3) is 0 Å². The van der Waals surface area contributed by atoms with Gasteiger partial charge in [-0.25, -0.2) is 23.8 Å². The van der Waals surface area contributed by atoms with Crippen LogP contribution >= 0.6 is 0 Å². The summed E-state index contributed by atoms with van der Waals surface area (Å²) in [6, 6.07) is 0. The largest absolute Gasteiger partial charge is 2.00 e. The van der Waals surface area contributed by atoms with E-state index >= 15 is 0 Å². The molecule has 0 heterocycles. The van der Waals surface area contributed by atoms with E-state index in [0.29, 0.717) is 0 Å². The molecule has 3 aliphatic rings. The minimum atomic E-state index is 0. The first-order valence-electron chi connectivity index (χ1n) is 6.93. The molecule has 0 nitrogen and oxygen atoms in total. The van der Waals surface area contributed by atoms with Gasteiger partial charge >= 0.3 is 21.7 Å². The summed E-state index contributed by atoms with van der Waals surface area (Å²) in [5, 5.41) is 0. The Morgan fingerprint density at radius 1 is 1.11 bits per heavy atom. The Balaban J connectivity index is 0. The molecule has 0 unspecified atom stereocenters. The van der Waals surface area contributed by atoms with Gasteiger partial charge in [-0.3, -0.25) is 12.2 Å². The third-order valence-electron chi connectivity index (χ3n) is 3.59. The van der Waals surface area contributed by atoms with Gasteiger partial charge in [0, 0.05) is 0 Å². The fourth-order valence-electron chi connectivity index (χ4n) is 2.63. The van der Waals surface area contributed by atoms with E-state index in [1.165, 1.54) is 44.1 Å². The van der Waals surface area contributed by atoms with E-state index in [4.69, 9.17) is 0 Å². The van der Waals surface area contributed by atoms with Crippen molar-refractivity contribution in [3.05, 3.63) is 48.1 Å². The quantitative estimate of drug-likeness (QED) is 0.482. The maximum atomic E-state index is 3.41. The van der Waals surface area contributed by atoms with Crippen LogP contribution in [0.2, 0.25) is 0 Å². The summed E-state index contributed by atoms with van der Waals surface area (Å²) in [5.74, 6) is 0.976. The summed E-state index contributed by atoms with van der Waals surface area (Å²) >= 11 is 0. The molecule has 0 saturated heterocycles. The predicted octanol–water partition coefficient (Wildman–Crippen LogP) is 5.17. The molecule has 0 aromatic carbocycles. The monoisotopic (exact) mass is 276 g/mol. The molecule has 0 atom stereocenters. The average Bonchev–Trinajstić information content (AvgIpc) is 3.06. The zero-order valence-electron chi connectivity index (χ0n) is 13.1. The van der Waals surface area contributed by atoms with Crippen molar-refractivity contribution in [1.82, 2.24) is 0 Å². The van der Waals surface area contributed by atoms with Gasteiger partial charge in [0.2, 0.25) is 0 Å². The van der Waals surface area contributed by atoms with E-state index in [0.717, 1.165) is 18.8 Å². The van der Waals surface area contributed by atoms with Gasteiger partial charge in [0.05, 0.1) is 0 Å². The summed E-state index contributed by atoms with van der Waals surface area (Å²) in [4.78, 5) is 0. The van der Waals surface area contributed by atoms with Crippen molar-refractivity contribution in [3.63, 3.8) is 0 Å². The Hall–Kier alpha value is -0.326. The van der Waals surface area contributed by atoms with Gasteiger partial charge in [-0.15, -0.1) is 12.8 Å². The van der Waals surface area contributed by atoms with Crippen molar-refractivity contribution in [1.29, 1.82) is 0 Å². The van der Waals surface area contributed by atoms with E-state index in [9.17, 15) is 0 Å². The van der Waals surface area contributed by atoms with Crippen molar-refractivity contribution in [2.45, 2.75) is 51.4 Å². The molecule has 98 valence electrons. The topological polar surface area (TPSA) is 0 Å². The zero-order valence-corrected chi connectivity index (χ0v) is 12.7. The SMILES string of the molecule is [C-]1=C(CC2CCCCC2)C=CC1.[C-]1=CC=CC1.[H-].[H-].[Ti+2]. The Labute approximate surface area is 130 Å². The first-order chi connectivity index (χ1) is 8.45. The van der Waals surface area contributed by atoms with E-state index < -0.39 is 0 Å². The second-order valence-corrected chi connectivity index (χ2v) is 5.02. The van der Waals surface area contributed by atoms with Gasteiger partial charge in [-0.05, 0) is 5.92 Å².